The number of nitrogens with zero attached hydrogens (tertiary/aromatic N) is 3. The summed E-state index contributed by atoms with van der Waals surface area (Å²) in [7, 11) is 1.81. The summed E-state index contributed by atoms with van der Waals surface area (Å²) in [4.78, 5) is 32.4. The first-order valence-corrected chi connectivity index (χ1v) is 27.3. The Morgan fingerprint density at radius 2 is 0.589 bits per heavy atom. The number of benzene rings is 17. The van der Waals surface area contributed by atoms with Crippen molar-refractivity contribution in [2.24, 2.45) is 18.9 Å². The second-order valence-corrected chi connectivity index (χ2v) is 27.6. The Morgan fingerprint density at radius 3 is 1.00 bits per heavy atom. The van der Waals surface area contributed by atoms with Gasteiger partial charge in [0, 0.05) is 34.6 Å². The maximum absolute atomic E-state index is 16.3. The van der Waals surface area contributed by atoms with Gasteiger partial charge in [0.05, 0.1) is 0 Å². The molecule has 2 bridgehead atoms. The molecule has 4 spiro atoms. The van der Waals surface area contributed by atoms with Crippen molar-refractivity contribution in [1.82, 2.24) is 13.9 Å². The SMILES string of the molecule is Cn1c(=O)n2n(c1=O)C13c4c5c6c7c8c9c%10c%11c(c%12c%13c%14c(c%15c4c4c%16c5c5c7c7c8c8c%10c%10c%17c%11c%13c%11c%13c%14c%14c%15c4c4c%15c%16c5c5c7c7c8c%10c8c(c%17%11)c%10c%13c%14c4c4c%15c5c7c8c%104)C%1221)C91[C@H]2C=C[C@H](C2)C613. The molecule has 308 valence electrons. The first-order chi connectivity index (χ1) is 36.2. The zero-order valence-electron chi connectivity index (χ0n) is 37.2. The van der Waals surface area contributed by atoms with Gasteiger partial charge in [-0.1, -0.05) is 12.2 Å². The zero-order chi connectivity index (χ0) is 43.5. The molecule has 4 unspecified atom stereocenters. The molecule has 5 nitrogen and oxygen atoms in total. The van der Waals surface area contributed by atoms with Crippen LogP contribution in [-0.4, -0.2) is 13.9 Å². The molecule has 0 saturated heterocycles. The Balaban J connectivity index is 1.18. The van der Waals surface area contributed by atoms with Crippen LogP contribution in [0.2, 0.25) is 0 Å². The van der Waals surface area contributed by atoms with E-state index in [9.17, 15) is 0 Å². The minimum atomic E-state index is -0.890. The van der Waals surface area contributed by atoms with Gasteiger partial charge in [0.2, 0.25) is 0 Å². The highest BCUT2D eigenvalue weighted by Crippen LogP contribution is 2.94. The highest BCUT2D eigenvalue weighted by Gasteiger charge is 2.94. The van der Waals surface area contributed by atoms with E-state index in [0.717, 1.165) is 6.42 Å². The lowest BCUT2D eigenvalue weighted by Gasteiger charge is -2.74. The van der Waals surface area contributed by atoms with Gasteiger partial charge >= 0.3 is 11.4 Å². The van der Waals surface area contributed by atoms with E-state index in [1.807, 2.05) is 7.05 Å². The summed E-state index contributed by atoms with van der Waals surface area (Å²) in [5.41, 5.74) is 6.32. The van der Waals surface area contributed by atoms with Crippen molar-refractivity contribution in [3.05, 3.63) is 66.5 Å². The molecular weight excluding hydrogens is 891 g/mol. The van der Waals surface area contributed by atoms with Crippen LogP contribution in [0.1, 0.15) is 39.8 Å². The van der Waals surface area contributed by atoms with Crippen LogP contribution in [0.4, 0.5) is 0 Å². The number of hydrogen-bond donors (Lipinski definition) is 0. The van der Waals surface area contributed by atoms with E-state index < -0.39 is 21.9 Å². The summed E-state index contributed by atoms with van der Waals surface area (Å²) in [5, 5.41) is 78.3. The first-order valence-electron chi connectivity index (χ1n) is 27.3. The van der Waals surface area contributed by atoms with Gasteiger partial charge in [0.1, 0.15) is 11.1 Å². The molecule has 9 aliphatic rings. The molecule has 73 heavy (non-hydrogen) atoms. The Bertz CT molecular complexity index is 7990. The molecular formula is C68H9N3O2. The van der Waals surface area contributed by atoms with Crippen LogP contribution in [-0.2, 0) is 29.0 Å². The average molecular weight is 900 g/mol. The number of hydrogen-bond acceptors (Lipinski definition) is 2. The molecule has 1 saturated carbocycles. The molecule has 5 heteroatoms. The van der Waals surface area contributed by atoms with Crippen molar-refractivity contribution in [3.8, 4) is 0 Å². The quantitative estimate of drug-likeness (QED) is 0.112. The minimum Gasteiger partial charge on any atom is -0.246 e. The van der Waals surface area contributed by atoms with Gasteiger partial charge in [0.25, 0.3) is 0 Å². The lowest BCUT2D eigenvalue weighted by atomic mass is 9.34. The van der Waals surface area contributed by atoms with Crippen LogP contribution in [0.15, 0.2) is 21.7 Å². The Kier molecular flexibility index (Phi) is 2.07. The van der Waals surface area contributed by atoms with Gasteiger partial charge in [-0.05, 0) is 304 Å². The average Bonchev–Trinajstić information content (AvgIpc) is 2.23. The van der Waals surface area contributed by atoms with E-state index in [2.05, 4.69) is 21.5 Å². The lowest BCUT2D eigenvalue weighted by molar-refractivity contribution is -0.101. The fourth-order valence-electron chi connectivity index (χ4n) is 28.7. The summed E-state index contributed by atoms with van der Waals surface area (Å²) < 4.78 is 5.99. The molecule has 1 aromatic heterocycles. The summed E-state index contributed by atoms with van der Waals surface area (Å²) >= 11 is 0. The van der Waals surface area contributed by atoms with Crippen molar-refractivity contribution in [2.45, 2.75) is 28.3 Å². The summed E-state index contributed by atoms with van der Waals surface area (Å²) in [6, 6.07) is 0. The molecule has 27 aromatic rings. The van der Waals surface area contributed by atoms with Crippen LogP contribution in [0, 0.1) is 11.8 Å². The molecule has 1 fully saturated rings. The molecule has 0 N–H and O–H groups in total. The second-order valence-electron chi connectivity index (χ2n) is 27.6. The van der Waals surface area contributed by atoms with Gasteiger partial charge in [-0.3, -0.25) is 0 Å². The predicted molar refractivity (Wildman–Crippen MR) is 294 cm³/mol. The standard InChI is InChI=1S/C68H9N3O2/c1-69-63(72)70-67-59-51-43-35-25-17-10-8-7-9-11-12(10)19-23(17)36(43)44-38-27(19)26-18(11)22-16(9)24-20-13(7)15-14(8)21(25)30-32-28(15)31-29(20)39-33(24)40-34(22)41-37(26)47(38)56-58-50(41)48(40)57-49(39)54-45(31)46(32)55(52(59)42(30)35)62(67)61(54)65(57)5-2-3-6(4-5)66(58,65)68(67,60(56)53(44)51)71(70)64(69)73/h2-3,5-6H,4H2,1H3/t5-,6+,65?,66?,67?,68?/m0/s1. The van der Waals surface area contributed by atoms with Gasteiger partial charge < -0.3 is 0 Å². The normalized spacial score (nSPS) is 29.4. The van der Waals surface area contributed by atoms with E-state index in [1.165, 1.54) is 75.9 Å². The van der Waals surface area contributed by atoms with Crippen molar-refractivity contribution in [3.63, 3.8) is 0 Å². The number of allylic oxidation sites excluding steroid dienone is 2. The Hall–Kier alpha value is -8.80. The molecule has 8 aliphatic carbocycles. The third-order valence-electron chi connectivity index (χ3n) is 28.2. The largest absolute Gasteiger partial charge is 0.348 e. The number of rotatable bonds is 0. The van der Waals surface area contributed by atoms with E-state index in [-0.39, 0.29) is 23.2 Å². The van der Waals surface area contributed by atoms with Gasteiger partial charge in [0.15, 0.2) is 0 Å². The van der Waals surface area contributed by atoms with Gasteiger partial charge in [-0.25, -0.2) is 23.5 Å². The third kappa shape index (κ3) is 1.27. The monoisotopic (exact) mass is 899 g/mol. The van der Waals surface area contributed by atoms with E-state index in [4.69, 9.17) is 0 Å². The molecule has 36 rings (SSSR count). The molecule has 2 heterocycles. The first kappa shape index (κ1) is 26.6. The fourth-order valence-corrected chi connectivity index (χ4v) is 28.7. The molecule has 26 aromatic carbocycles. The second kappa shape index (κ2) is 5.70. The minimum absolute atomic E-state index is 0.115. The molecule has 0 amide bonds. The van der Waals surface area contributed by atoms with Crippen LogP contribution < -0.4 is 11.4 Å². The summed E-state index contributed by atoms with van der Waals surface area (Å²) in [5.74, 6) is 0.463. The maximum Gasteiger partial charge on any atom is 0.348 e. The van der Waals surface area contributed by atoms with Crippen LogP contribution in [0.25, 0.3) is 269 Å². The highest BCUT2D eigenvalue weighted by atomic mass is 16.2. The fraction of sp³-hybridized carbons (Fsp3) is 0.118. The molecule has 1 aliphatic heterocycles. The van der Waals surface area contributed by atoms with Crippen LogP contribution >= 0.6 is 0 Å². The summed E-state index contributed by atoms with van der Waals surface area (Å²) in [6.45, 7) is 0. The summed E-state index contributed by atoms with van der Waals surface area (Å²) in [6.07, 6.45) is 6.51. The maximum atomic E-state index is 16.3. The molecule has 6 atom stereocenters. The number of fused-ring (bicyclic) bond motifs is 3. The van der Waals surface area contributed by atoms with E-state index >= 15 is 9.59 Å². The van der Waals surface area contributed by atoms with Crippen LogP contribution in [0.3, 0.4) is 0 Å². The predicted octanol–water partition coefficient (Wildman–Crippen LogP) is 14.4. The van der Waals surface area contributed by atoms with Crippen molar-refractivity contribution in [1.29, 1.82) is 0 Å². The highest BCUT2D eigenvalue weighted by molar-refractivity contribution is 6.80. The third-order valence-corrected chi connectivity index (χ3v) is 28.2. The van der Waals surface area contributed by atoms with Crippen LogP contribution in [0.5, 0.6) is 0 Å². The lowest BCUT2D eigenvalue weighted by Crippen LogP contribution is -2.86. The van der Waals surface area contributed by atoms with Gasteiger partial charge in [-0.2, -0.15) is 0 Å². The Morgan fingerprint density at radius 1 is 0.301 bits per heavy atom. The van der Waals surface area contributed by atoms with Gasteiger partial charge in [-0.15, -0.1) is 0 Å². The Labute approximate surface area is 394 Å². The molecule has 0 radical (unpaired) electrons. The van der Waals surface area contributed by atoms with Crippen molar-refractivity contribution in [2.75, 3.05) is 0 Å². The van der Waals surface area contributed by atoms with E-state index in [1.54, 1.807) is 231 Å². The van der Waals surface area contributed by atoms with Crippen molar-refractivity contribution >= 4 is 269 Å². The van der Waals surface area contributed by atoms with Crippen molar-refractivity contribution < 1.29 is 0 Å². The number of aromatic nitrogens is 3. The zero-order valence-corrected chi connectivity index (χ0v) is 37.2. The van der Waals surface area contributed by atoms with E-state index in [0.29, 0.717) is 0 Å². The topological polar surface area (TPSA) is 48.9 Å². The smallest absolute Gasteiger partial charge is 0.246 e.